The lowest BCUT2D eigenvalue weighted by molar-refractivity contribution is -0.207. The Bertz CT molecular complexity index is 1160. The first-order chi connectivity index (χ1) is 18.0. The summed E-state index contributed by atoms with van der Waals surface area (Å²) in [7, 11) is 0. The molecule has 0 atom stereocenters. The van der Waals surface area contributed by atoms with Gasteiger partial charge in [-0.3, -0.25) is 0 Å². The fourth-order valence-electron chi connectivity index (χ4n) is 4.61. The van der Waals surface area contributed by atoms with Crippen LogP contribution in [0.5, 0.6) is 5.75 Å². The molecule has 1 aliphatic rings. The Kier molecular flexibility index (Phi) is 9.64. The Balaban J connectivity index is 1.43. The van der Waals surface area contributed by atoms with E-state index in [1.54, 1.807) is 30.3 Å². The van der Waals surface area contributed by atoms with E-state index in [-0.39, 0.29) is 11.3 Å². The first-order valence-corrected chi connectivity index (χ1v) is 13.3. The molecule has 1 saturated heterocycles. The highest BCUT2D eigenvalue weighted by molar-refractivity contribution is 5.71. The Morgan fingerprint density at radius 1 is 0.757 bits per heavy atom. The van der Waals surface area contributed by atoms with Crippen LogP contribution >= 0.6 is 0 Å². The van der Waals surface area contributed by atoms with E-state index in [4.69, 9.17) is 14.2 Å². The van der Waals surface area contributed by atoms with Crippen molar-refractivity contribution in [2.24, 2.45) is 5.92 Å². The third-order valence-corrected chi connectivity index (χ3v) is 6.75. The highest BCUT2D eigenvalue weighted by atomic mass is 19.2. The first kappa shape index (κ1) is 27.2. The van der Waals surface area contributed by atoms with Crippen molar-refractivity contribution in [3.63, 3.8) is 0 Å². The first-order valence-electron chi connectivity index (χ1n) is 13.3. The Morgan fingerprint density at radius 3 is 2.14 bits per heavy atom. The van der Waals surface area contributed by atoms with Gasteiger partial charge in [-0.05, 0) is 47.7 Å². The fourth-order valence-corrected chi connectivity index (χ4v) is 4.61. The molecular weight excluding hydrogens is 477 g/mol. The molecule has 0 aliphatic carbocycles. The summed E-state index contributed by atoms with van der Waals surface area (Å²) in [5.74, 6) is -2.05. The van der Waals surface area contributed by atoms with E-state index in [2.05, 4.69) is 13.8 Å². The Hall–Kier alpha value is -2.83. The molecule has 1 heterocycles. The van der Waals surface area contributed by atoms with Crippen molar-refractivity contribution < 1.29 is 27.4 Å². The second-order valence-corrected chi connectivity index (χ2v) is 9.62. The zero-order valence-corrected chi connectivity index (χ0v) is 21.6. The molecule has 3 aromatic rings. The van der Waals surface area contributed by atoms with Gasteiger partial charge < -0.3 is 14.2 Å². The maximum atomic E-state index is 14.9. The van der Waals surface area contributed by atoms with Crippen molar-refractivity contribution in [1.82, 2.24) is 0 Å². The van der Waals surface area contributed by atoms with Crippen LogP contribution in [0.4, 0.5) is 13.2 Å². The number of hydrogen-bond donors (Lipinski definition) is 0. The van der Waals surface area contributed by atoms with Gasteiger partial charge >= 0.3 is 0 Å². The fraction of sp³-hybridized carbons (Fsp3) is 0.419. The molecule has 0 unspecified atom stereocenters. The number of unbranched alkanes of at least 4 members (excludes halogenated alkanes) is 3. The molecule has 0 saturated carbocycles. The molecule has 4 rings (SSSR count). The number of halogens is 3. The van der Waals surface area contributed by atoms with E-state index < -0.39 is 23.7 Å². The normalized spacial score (nSPS) is 17.6. The molecule has 3 nitrogen and oxygen atoms in total. The molecular formula is C31H35F3O3. The van der Waals surface area contributed by atoms with E-state index in [0.29, 0.717) is 42.4 Å². The number of hydrogen-bond acceptors (Lipinski definition) is 3. The van der Waals surface area contributed by atoms with Gasteiger partial charge in [0, 0.05) is 17.0 Å². The number of benzene rings is 3. The van der Waals surface area contributed by atoms with Crippen LogP contribution in [0.1, 0.15) is 64.2 Å². The zero-order valence-electron chi connectivity index (χ0n) is 21.6. The van der Waals surface area contributed by atoms with Gasteiger partial charge in [0.1, 0.15) is 5.82 Å². The second-order valence-electron chi connectivity index (χ2n) is 9.62. The van der Waals surface area contributed by atoms with E-state index in [9.17, 15) is 13.2 Å². The molecule has 0 aromatic heterocycles. The van der Waals surface area contributed by atoms with Gasteiger partial charge in [0.25, 0.3) is 0 Å². The van der Waals surface area contributed by atoms with Crippen LogP contribution in [0.3, 0.4) is 0 Å². The van der Waals surface area contributed by atoms with Crippen molar-refractivity contribution >= 4 is 0 Å². The predicted octanol–water partition coefficient (Wildman–Crippen LogP) is 8.86. The van der Waals surface area contributed by atoms with Gasteiger partial charge in [0.05, 0.1) is 19.8 Å². The molecule has 3 aromatic carbocycles. The molecule has 1 fully saturated rings. The van der Waals surface area contributed by atoms with E-state index >= 15 is 0 Å². The highest BCUT2D eigenvalue weighted by Gasteiger charge is 2.25. The van der Waals surface area contributed by atoms with E-state index in [1.165, 1.54) is 18.2 Å². The molecule has 37 heavy (non-hydrogen) atoms. The lowest BCUT2D eigenvalue weighted by atomic mass is 9.98. The average molecular weight is 513 g/mol. The molecule has 198 valence electrons. The molecule has 6 heteroatoms. The predicted molar refractivity (Wildman–Crippen MR) is 140 cm³/mol. The van der Waals surface area contributed by atoms with Crippen molar-refractivity contribution in [2.45, 2.75) is 58.7 Å². The van der Waals surface area contributed by atoms with E-state index in [1.807, 2.05) is 6.07 Å². The molecule has 0 radical (unpaired) electrons. The van der Waals surface area contributed by atoms with E-state index in [0.717, 1.165) is 44.1 Å². The van der Waals surface area contributed by atoms with Crippen LogP contribution in [-0.2, 0) is 9.47 Å². The summed E-state index contributed by atoms with van der Waals surface area (Å²) in [6.07, 6.45) is 5.38. The lowest BCUT2D eigenvalue weighted by Crippen LogP contribution is -2.27. The third-order valence-electron chi connectivity index (χ3n) is 6.75. The third kappa shape index (κ3) is 6.74. The van der Waals surface area contributed by atoms with Crippen molar-refractivity contribution in [2.75, 3.05) is 19.8 Å². The van der Waals surface area contributed by atoms with Gasteiger partial charge in [0.2, 0.25) is 5.82 Å². The molecule has 0 spiro atoms. The van der Waals surface area contributed by atoms with Crippen LogP contribution in [0, 0.1) is 23.4 Å². The smallest absolute Gasteiger partial charge is 0.201 e. The quantitative estimate of drug-likeness (QED) is 0.240. The van der Waals surface area contributed by atoms with Crippen LogP contribution < -0.4 is 4.74 Å². The zero-order chi connectivity index (χ0) is 26.2. The van der Waals surface area contributed by atoms with Crippen molar-refractivity contribution in [3.05, 3.63) is 77.6 Å². The molecule has 0 amide bonds. The van der Waals surface area contributed by atoms with Gasteiger partial charge in [-0.1, -0.05) is 75.9 Å². The van der Waals surface area contributed by atoms with Crippen LogP contribution in [0.25, 0.3) is 22.3 Å². The summed E-state index contributed by atoms with van der Waals surface area (Å²) in [5, 5.41) is 0. The van der Waals surface area contributed by atoms with Crippen molar-refractivity contribution in [1.29, 1.82) is 0 Å². The van der Waals surface area contributed by atoms with Crippen LogP contribution in [0.15, 0.2) is 54.6 Å². The maximum Gasteiger partial charge on any atom is 0.201 e. The molecule has 1 aliphatic heterocycles. The average Bonchev–Trinajstić information content (AvgIpc) is 2.92. The SMILES string of the molecule is CCCCCCOc1ccc(-c2ccc(-c3ccc(C4OCC(CCC)CO4)c(F)c3)cc2)c(F)c1F. The van der Waals surface area contributed by atoms with Crippen LogP contribution in [0.2, 0.25) is 0 Å². The summed E-state index contributed by atoms with van der Waals surface area (Å²) in [4.78, 5) is 0. The summed E-state index contributed by atoms with van der Waals surface area (Å²) in [6, 6.07) is 14.9. The topological polar surface area (TPSA) is 27.7 Å². The summed E-state index contributed by atoms with van der Waals surface area (Å²) in [6.45, 7) is 5.71. The second kappa shape index (κ2) is 13.1. The van der Waals surface area contributed by atoms with Gasteiger partial charge in [-0.2, -0.15) is 4.39 Å². The Labute approximate surface area is 217 Å². The monoisotopic (exact) mass is 512 g/mol. The lowest BCUT2D eigenvalue weighted by Gasteiger charge is -2.29. The van der Waals surface area contributed by atoms with Crippen LogP contribution in [-0.4, -0.2) is 19.8 Å². The Morgan fingerprint density at radius 2 is 1.46 bits per heavy atom. The minimum Gasteiger partial charge on any atom is -0.490 e. The minimum absolute atomic E-state index is 0.0725. The number of ether oxygens (including phenoxy) is 3. The molecule has 0 N–H and O–H groups in total. The van der Waals surface area contributed by atoms with Gasteiger partial charge in [-0.15, -0.1) is 0 Å². The van der Waals surface area contributed by atoms with Crippen molar-refractivity contribution in [3.8, 4) is 28.0 Å². The standard InChI is InChI=1S/C31H35F3O3/c1-3-5-6-7-17-35-28-16-15-25(29(33)30(28)34)23-11-9-22(10-12-23)24-13-14-26(27(32)18-24)31-36-19-21(8-4-2)20-37-31/h9-16,18,21,31H,3-8,17,19-20H2,1-2H3. The minimum atomic E-state index is -0.983. The largest absolute Gasteiger partial charge is 0.490 e. The summed E-state index contributed by atoms with van der Waals surface area (Å²) in [5.41, 5.74) is 2.48. The highest BCUT2D eigenvalue weighted by Crippen LogP contribution is 2.34. The van der Waals surface area contributed by atoms with Gasteiger partial charge in [-0.25, -0.2) is 8.78 Å². The number of rotatable bonds is 11. The van der Waals surface area contributed by atoms with Gasteiger partial charge in [0.15, 0.2) is 17.9 Å². The summed E-state index contributed by atoms with van der Waals surface area (Å²) >= 11 is 0. The maximum absolute atomic E-state index is 14.9. The summed E-state index contributed by atoms with van der Waals surface area (Å²) < 4.78 is 61.3. The molecule has 0 bridgehead atoms.